The maximum atomic E-state index is 12.8. The summed E-state index contributed by atoms with van der Waals surface area (Å²) < 4.78 is 42.0. The average molecular weight is 867 g/mol. The number of hydrogen-bond donors (Lipinski definition) is 2. The number of carbonyl (C=O) groups excluding carboxylic acids is 4. The SMILES string of the molecule is CO.COCCOCCOCCOCCN1C(=O)c2cccc3c(N)ccc(c23)C1=O.COCCOCCOCCOCCN1C(=O)c2cccc3c([N+](=O)[O-])ccc(c23)C1=O. The third-order valence-corrected chi connectivity index (χ3v) is 9.46. The third-order valence-electron chi connectivity index (χ3n) is 9.46. The van der Waals surface area contributed by atoms with E-state index >= 15 is 0 Å². The number of rotatable bonds is 25. The average Bonchev–Trinajstić information content (AvgIpc) is 3.28. The maximum absolute atomic E-state index is 12.8. The molecule has 0 saturated carbocycles. The van der Waals surface area contributed by atoms with Gasteiger partial charge in [0.25, 0.3) is 29.3 Å². The Bertz CT molecular complexity index is 2090. The van der Waals surface area contributed by atoms with Crippen LogP contribution in [0.25, 0.3) is 21.5 Å². The summed E-state index contributed by atoms with van der Waals surface area (Å²) in [5, 5.41) is 20.2. The van der Waals surface area contributed by atoms with Gasteiger partial charge in [0, 0.05) is 71.5 Å². The maximum Gasteiger partial charge on any atom is 0.277 e. The molecule has 0 aliphatic carbocycles. The second-order valence-electron chi connectivity index (χ2n) is 13.2. The molecule has 336 valence electrons. The molecule has 19 heteroatoms. The monoisotopic (exact) mass is 866 g/mol. The first-order valence-corrected chi connectivity index (χ1v) is 19.8. The lowest BCUT2D eigenvalue weighted by Crippen LogP contribution is -2.42. The summed E-state index contributed by atoms with van der Waals surface area (Å²) in [5.41, 5.74) is 7.92. The van der Waals surface area contributed by atoms with Crippen LogP contribution in [0.3, 0.4) is 0 Å². The van der Waals surface area contributed by atoms with Gasteiger partial charge in [-0.15, -0.1) is 0 Å². The quantitative estimate of drug-likeness (QED) is 0.0319. The van der Waals surface area contributed by atoms with Crippen LogP contribution in [-0.4, -0.2) is 170 Å². The summed E-state index contributed by atoms with van der Waals surface area (Å²) in [6, 6.07) is 16.1. The molecule has 2 aliphatic heterocycles. The molecule has 4 aromatic carbocycles. The summed E-state index contributed by atoms with van der Waals surface area (Å²) >= 11 is 0. The lowest BCUT2D eigenvalue weighted by Gasteiger charge is -2.27. The highest BCUT2D eigenvalue weighted by Crippen LogP contribution is 2.35. The number of nitro groups is 1. The van der Waals surface area contributed by atoms with Gasteiger partial charge in [-0.25, -0.2) is 0 Å². The molecule has 0 radical (unpaired) electrons. The fourth-order valence-electron chi connectivity index (χ4n) is 6.54. The van der Waals surface area contributed by atoms with Crippen LogP contribution in [0, 0.1) is 10.1 Å². The number of methoxy groups -OCH3 is 2. The molecule has 0 bridgehead atoms. The molecule has 0 unspecified atom stereocenters. The normalized spacial score (nSPS) is 13.0. The van der Waals surface area contributed by atoms with Crippen LogP contribution in [0.2, 0.25) is 0 Å². The molecular weight excluding hydrogens is 812 g/mol. The molecule has 0 atom stereocenters. The van der Waals surface area contributed by atoms with Crippen molar-refractivity contribution in [1.82, 2.24) is 9.80 Å². The van der Waals surface area contributed by atoms with Crippen LogP contribution in [0.15, 0.2) is 60.7 Å². The molecule has 0 aromatic heterocycles. The van der Waals surface area contributed by atoms with Crippen molar-refractivity contribution in [2.45, 2.75) is 0 Å². The van der Waals surface area contributed by atoms with Gasteiger partial charge in [0.1, 0.15) is 0 Å². The first-order chi connectivity index (χ1) is 30.2. The predicted octanol–water partition coefficient (Wildman–Crippen LogP) is 3.36. The van der Waals surface area contributed by atoms with Crippen molar-refractivity contribution in [2.75, 3.05) is 133 Å². The highest BCUT2D eigenvalue weighted by molar-refractivity contribution is 6.27. The second-order valence-corrected chi connectivity index (χ2v) is 13.2. The highest BCUT2D eigenvalue weighted by Gasteiger charge is 2.35. The predicted molar refractivity (Wildman–Crippen MR) is 227 cm³/mol. The summed E-state index contributed by atoms with van der Waals surface area (Å²) in [4.78, 5) is 64.4. The minimum atomic E-state index is -0.522. The number of ether oxygens (including phenoxy) is 8. The van der Waals surface area contributed by atoms with E-state index < -0.39 is 16.7 Å². The number of hydrogen-bond acceptors (Lipinski definition) is 16. The van der Waals surface area contributed by atoms with E-state index in [1.807, 2.05) is 6.07 Å². The van der Waals surface area contributed by atoms with E-state index in [1.165, 1.54) is 17.0 Å². The molecule has 19 nitrogen and oxygen atoms in total. The molecule has 6 rings (SSSR count). The Morgan fingerprint density at radius 1 is 0.500 bits per heavy atom. The number of anilines is 1. The van der Waals surface area contributed by atoms with Gasteiger partial charge in [0.15, 0.2) is 0 Å². The lowest BCUT2D eigenvalue weighted by molar-refractivity contribution is -0.383. The van der Waals surface area contributed by atoms with E-state index in [-0.39, 0.29) is 60.3 Å². The Morgan fingerprint density at radius 3 is 1.24 bits per heavy atom. The Kier molecular flexibility index (Phi) is 20.7. The summed E-state index contributed by atoms with van der Waals surface area (Å²) in [5.74, 6) is -1.63. The van der Waals surface area contributed by atoms with E-state index in [4.69, 9.17) is 48.7 Å². The number of nitrogen functional groups attached to an aromatic ring is 1. The van der Waals surface area contributed by atoms with Crippen LogP contribution < -0.4 is 5.73 Å². The molecule has 0 fully saturated rings. The van der Waals surface area contributed by atoms with E-state index in [1.54, 1.807) is 56.7 Å². The van der Waals surface area contributed by atoms with Gasteiger partial charge >= 0.3 is 0 Å². The Morgan fingerprint density at radius 2 is 0.839 bits per heavy atom. The topological polar surface area (TPSA) is 238 Å². The van der Waals surface area contributed by atoms with Crippen LogP contribution in [0.4, 0.5) is 11.4 Å². The lowest BCUT2D eigenvalue weighted by atomic mass is 9.93. The van der Waals surface area contributed by atoms with Crippen molar-refractivity contribution in [3.63, 3.8) is 0 Å². The fraction of sp³-hybridized carbons (Fsp3) is 0.442. The Balaban J connectivity index is 0.000000263. The molecule has 62 heavy (non-hydrogen) atoms. The van der Waals surface area contributed by atoms with E-state index in [0.29, 0.717) is 107 Å². The van der Waals surface area contributed by atoms with Crippen molar-refractivity contribution in [3.05, 3.63) is 93.0 Å². The zero-order chi connectivity index (χ0) is 44.9. The van der Waals surface area contributed by atoms with Gasteiger partial charge in [-0.2, -0.15) is 0 Å². The summed E-state index contributed by atoms with van der Waals surface area (Å²) in [6.07, 6.45) is 0. The van der Waals surface area contributed by atoms with Crippen LogP contribution in [0.5, 0.6) is 0 Å². The van der Waals surface area contributed by atoms with E-state index in [0.717, 1.165) is 17.4 Å². The molecule has 0 saturated heterocycles. The van der Waals surface area contributed by atoms with Gasteiger partial charge in [-0.05, 0) is 36.4 Å². The number of nitrogens with two attached hydrogens (primary N) is 1. The van der Waals surface area contributed by atoms with Crippen LogP contribution in [-0.2, 0) is 37.9 Å². The standard InChI is InChI=1S/C21H24N2O8.C21H26N2O6.CH4O/c1-28-9-10-30-13-14-31-12-11-29-8-7-22-20(24)16-4-2-3-15-18(23(26)27)6-5-17(19(15)16)21(22)25;1-26-9-10-28-13-14-29-12-11-27-8-7-23-20(24)16-4-2-3-15-18(22)6-5-17(19(15)16)21(23)25;1-2/h2-6H,7-14H2,1H3;2-6H,7-14,22H2,1H3;2H,1H3. The number of imide groups is 2. The number of amides is 4. The van der Waals surface area contributed by atoms with Gasteiger partial charge in [-0.3, -0.25) is 39.1 Å². The van der Waals surface area contributed by atoms with Gasteiger partial charge < -0.3 is 48.7 Å². The van der Waals surface area contributed by atoms with E-state index in [2.05, 4.69) is 0 Å². The number of benzene rings is 4. The molecule has 3 N–H and O–H groups in total. The molecule has 0 spiro atoms. The van der Waals surface area contributed by atoms with Gasteiger partial charge in [-0.1, -0.05) is 18.2 Å². The number of non-ortho nitro benzene ring substituents is 1. The Hall–Kier alpha value is -5.48. The summed E-state index contributed by atoms with van der Waals surface area (Å²) in [7, 11) is 4.23. The van der Waals surface area contributed by atoms with Crippen LogP contribution in [0.1, 0.15) is 41.4 Å². The number of carbonyl (C=O) groups is 4. The van der Waals surface area contributed by atoms with Crippen molar-refractivity contribution in [3.8, 4) is 0 Å². The number of nitrogens with zero attached hydrogens (tertiary/aromatic N) is 3. The second kappa shape index (κ2) is 26.1. The van der Waals surface area contributed by atoms with Crippen molar-refractivity contribution < 1.29 is 67.1 Å². The van der Waals surface area contributed by atoms with E-state index in [9.17, 15) is 29.3 Å². The molecular formula is C43H54N4O15. The smallest absolute Gasteiger partial charge is 0.277 e. The zero-order valence-corrected chi connectivity index (χ0v) is 35.2. The molecule has 2 heterocycles. The fourth-order valence-corrected chi connectivity index (χ4v) is 6.54. The van der Waals surface area contributed by atoms with Crippen molar-refractivity contribution in [1.29, 1.82) is 0 Å². The molecule has 4 amide bonds. The van der Waals surface area contributed by atoms with Gasteiger partial charge in [0.2, 0.25) is 0 Å². The third kappa shape index (κ3) is 12.8. The van der Waals surface area contributed by atoms with Crippen molar-refractivity contribution >= 4 is 56.5 Å². The summed E-state index contributed by atoms with van der Waals surface area (Å²) in [6.45, 7) is 6.12. The largest absolute Gasteiger partial charge is 0.400 e. The minimum absolute atomic E-state index is 0.0740. The number of nitro benzene ring substituents is 1. The minimum Gasteiger partial charge on any atom is -0.400 e. The van der Waals surface area contributed by atoms with Crippen molar-refractivity contribution in [2.24, 2.45) is 0 Å². The number of aliphatic hydroxyl groups excluding tert-OH is 1. The van der Waals surface area contributed by atoms with Crippen LogP contribution >= 0.6 is 0 Å². The first kappa shape index (κ1) is 49.2. The first-order valence-electron chi connectivity index (χ1n) is 19.8. The molecule has 2 aliphatic rings. The highest BCUT2D eigenvalue weighted by atomic mass is 16.6. The Labute approximate surface area is 358 Å². The molecule has 4 aromatic rings. The van der Waals surface area contributed by atoms with Gasteiger partial charge in [0.05, 0.1) is 116 Å². The number of aliphatic hydroxyl groups is 1. The zero-order valence-electron chi connectivity index (χ0n) is 35.2.